The first-order valence-electron chi connectivity index (χ1n) is 11.8. The van der Waals surface area contributed by atoms with Crippen molar-refractivity contribution in [3.05, 3.63) is 47.5 Å². The third-order valence-corrected chi connectivity index (χ3v) is 8.48. The van der Waals surface area contributed by atoms with Gasteiger partial charge in [0, 0.05) is 19.0 Å². The second kappa shape index (κ2) is 11.3. The molecule has 0 saturated carbocycles. The minimum atomic E-state index is -3.74. The number of nitrogens with zero attached hydrogens (tertiary/aromatic N) is 1. The van der Waals surface area contributed by atoms with Crippen LogP contribution < -0.4 is 19.5 Å². The molecule has 1 atom stereocenters. The number of methoxy groups -OCH3 is 3. The van der Waals surface area contributed by atoms with Gasteiger partial charge in [-0.1, -0.05) is 26.0 Å². The van der Waals surface area contributed by atoms with E-state index >= 15 is 0 Å². The van der Waals surface area contributed by atoms with Crippen LogP contribution in [0.1, 0.15) is 56.7 Å². The highest BCUT2D eigenvalue weighted by Gasteiger charge is 2.34. The van der Waals surface area contributed by atoms with E-state index in [9.17, 15) is 13.2 Å². The predicted molar refractivity (Wildman–Crippen MR) is 135 cm³/mol. The number of hydrogen-bond acceptors (Lipinski definition) is 6. The average molecular weight is 505 g/mol. The molecule has 0 spiro atoms. The molecule has 0 aromatic heterocycles. The number of piperidine rings is 1. The number of hydrogen-bond donors (Lipinski definition) is 1. The molecule has 1 N–H and O–H groups in total. The van der Waals surface area contributed by atoms with E-state index in [0.29, 0.717) is 30.1 Å². The van der Waals surface area contributed by atoms with E-state index in [4.69, 9.17) is 14.2 Å². The Hall–Kier alpha value is -2.78. The number of carbonyl (C=O) groups excluding carboxylic acids is 1. The van der Waals surface area contributed by atoms with E-state index in [-0.39, 0.29) is 41.8 Å². The van der Waals surface area contributed by atoms with Crippen molar-refractivity contribution in [2.45, 2.75) is 50.5 Å². The molecule has 35 heavy (non-hydrogen) atoms. The molecule has 9 heteroatoms. The molecular formula is C26H36N2O6S. The van der Waals surface area contributed by atoms with Gasteiger partial charge in [0.1, 0.15) is 10.6 Å². The Morgan fingerprint density at radius 1 is 0.886 bits per heavy atom. The minimum Gasteiger partial charge on any atom is -0.495 e. The maximum absolute atomic E-state index is 13.4. The highest BCUT2D eigenvalue weighted by Crippen LogP contribution is 2.33. The molecular weight excluding hydrogens is 468 g/mol. The topological polar surface area (TPSA) is 94.2 Å². The third kappa shape index (κ3) is 5.90. The first kappa shape index (κ1) is 26.8. The summed E-state index contributed by atoms with van der Waals surface area (Å²) in [5.74, 6) is 1.41. The van der Waals surface area contributed by atoms with Crippen molar-refractivity contribution >= 4 is 15.9 Å². The van der Waals surface area contributed by atoms with E-state index < -0.39 is 10.0 Å². The van der Waals surface area contributed by atoms with Crippen molar-refractivity contribution in [3.8, 4) is 17.2 Å². The Balaban J connectivity index is 1.66. The summed E-state index contributed by atoms with van der Waals surface area (Å²) in [5.41, 5.74) is 1.83. The summed E-state index contributed by atoms with van der Waals surface area (Å²) in [6.45, 7) is 6.50. The van der Waals surface area contributed by atoms with Gasteiger partial charge in [0.05, 0.1) is 27.4 Å². The summed E-state index contributed by atoms with van der Waals surface area (Å²) < 4.78 is 44.3. The van der Waals surface area contributed by atoms with Gasteiger partial charge in [0.2, 0.25) is 15.9 Å². The first-order chi connectivity index (χ1) is 16.6. The summed E-state index contributed by atoms with van der Waals surface area (Å²) >= 11 is 0. The smallest absolute Gasteiger partial charge is 0.246 e. The molecule has 0 unspecified atom stereocenters. The normalized spacial score (nSPS) is 16.1. The average Bonchev–Trinajstić information content (AvgIpc) is 2.87. The SMILES string of the molecule is COc1ccc([C@H](C)NC(=O)C2CCN(S(=O)(=O)c3cc(C(C)C)ccc3OC)CC2)cc1OC. The lowest BCUT2D eigenvalue weighted by molar-refractivity contribution is -0.126. The van der Waals surface area contributed by atoms with Crippen LogP contribution in [0.2, 0.25) is 0 Å². The number of sulfonamides is 1. The molecule has 0 bridgehead atoms. The summed E-state index contributed by atoms with van der Waals surface area (Å²) in [6.07, 6.45) is 0.909. The maximum Gasteiger partial charge on any atom is 0.246 e. The van der Waals surface area contributed by atoms with Gasteiger partial charge in [-0.25, -0.2) is 8.42 Å². The Morgan fingerprint density at radius 3 is 2.03 bits per heavy atom. The van der Waals surface area contributed by atoms with Crippen molar-refractivity contribution in [2.75, 3.05) is 34.4 Å². The van der Waals surface area contributed by atoms with Crippen LogP contribution in [0.3, 0.4) is 0 Å². The zero-order valence-corrected chi connectivity index (χ0v) is 22.1. The van der Waals surface area contributed by atoms with Crippen LogP contribution >= 0.6 is 0 Å². The molecule has 1 heterocycles. The second-order valence-corrected chi connectivity index (χ2v) is 11.0. The molecule has 0 aliphatic carbocycles. The predicted octanol–water partition coefficient (Wildman–Crippen LogP) is 4.11. The number of nitrogens with one attached hydrogen (secondary N) is 1. The van der Waals surface area contributed by atoms with Gasteiger partial charge in [0.15, 0.2) is 11.5 Å². The van der Waals surface area contributed by atoms with Crippen LogP contribution in [0.15, 0.2) is 41.3 Å². The maximum atomic E-state index is 13.4. The molecule has 1 saturated heterocycles. The standard InChI is InChI=1S/C26H36N2O6S/c1-17(2)20-7-10-23(33-5)25(16-20)35(30,31)28-13-11-19(12-14-28)26(29)27-18(3)21-8-9-22(32-4)24(15-21)34-6/h7-10,15-19H,11-14H2,1-6H3,(H,27,29)/t18-/m0/s1. The number of amides is 1. The number of benzene rings is 2. The van der Waals surface area contributed by atoms with Crippen LogP contribution in [-0.2, 0) is 14.8 Å². The van der Waals surface area contributed by atoms with Gasteiger partial charge in [-0.05, 0) is 61.1 Å². The molecule has 8 nitrogen and oxygen atoms in total. The molecule has 1 aliphatic rings. The van der Waals surface area contributed by atoms with E-state index in [0.717, 1.165) is 11.1 Å². The highest BCUT2D eigenvalue weighted by molar-refractivity contribution is 7.89. The molecule has 2 aromatic rings. The minimum absolute atomic E-state index is 0.0799. The van der Waals surface area contributed by atoms with Crippen LogP contribution in [0, 0.1) is 5.92 Å². The molecule has 1 amide bonds. The quantitative estimate of drug-likeness (QED) is 0.552. The lowest BCUT2D eigenvalue weighted by Gasteiger charge is -2.31. The van der Waals surface area contributed by atoms with Crippen molar-refractivity contribution < 1.29 is 27.4 Å². The number of rotatable bonds is 9. The van der Waals surface area contributed by atoms with E-state index in [1.54, 1.807) is 26.4 Å². The fourth-order valence-corrected chi connectivity index (χ4v) is 5.95. The first-order valence-corrected chi connectivity index (χ1v) is 13.3. The van der Waals surface area contributed by atoms with Crippen molar-refractivity contribution in [1.82, 2.24) is 9.62 Å². The van der Waals surface area contributed by atoms with Crippen molar-refractivity contribution in [2.24, 2.45) is 5.92 Å². The lowest BCUT2D eigenvalue weighted by atomic mass is 9.96. The fraction of sp³-hybridized carbons (Fsp3) is 0.500. The van der Waals surface area contributed by atoms with Gasteiger partial charge in [0.25, 0.3) is 0 Å². The van der Waals surface area contributed by atoms with Gasteiger partial charge < -0.3 is 19.5 Å². The van der Waals surface area contributed by atoms with Crippen LogP contribution in [-0.4, -0.2) is 53.0 Å². The molecule has 1 fully saturated rings. The molecule has 2 aromatic carbocycles. The van der Waals surface area contributed by atoms with Gasteiger partial charge >= 0.3 is 0 Å². The van der Waals surface area contributed by atoms with Gasteiger partial charge in [-0.2, -0.15) is 4.31 Å². The van der Waals surface area contributed by atoms with E-state index in [2.05, 4.69) is 5.32 Å². The Bertz CT molecular complexity index is 1140. The van der Waals surface area contributed by atoms with Crippen LogP contribution in [0.5, 0.6) is 17.2 Å². The van der Waals surface area contributed by atoms with E-state index in [1.807, 2.05) is 45.0 Å². The largest absolute Gasteiger partial charge is 0.495 e. The number of ether oxygens (including phenoxy) is 3. The molecule has 192 valence electrons. The molecule has 3 rings (SSSR count). The Morgan fingerprint density at radius 2 is 1.46 bits per heavy atom. The van der Waals surface area contributed by atoms with Crippen molar-refractivity contribution in [3.63, 3.8) is 0 Å². The zero-order chi connectivity index (χ0) is 25.8. The molecule has 0 radical (unpaired) electrons. The monoisotopic (exact) mass is 504 g/mol. The third-order valence-electron chi connectivity index (χ3n) is 6.56. The number of carbonyl (C=O) groups is 1. The van der Waals surface area contributed by atoms with Crippen LogP contribution in [0.25, 0.3) is 0 Å². The summed E-state index contributed by atoms with van der Waals surface area (Å²) in [5, 5.41) is 3.05. The van der Waals surface area contributed by atoms with Crippen LogP contribution in [0.4, 0.5) is 0 Å². The lowest BCUT2D eigenvalue weighted by Crippen LogP contribution is -2.43. The Labute approximate surface area is 208 Å². The molecule has 1 aliphatic heterocycles. The van der Waals surface area contributed by atoms with Crippen molar-refractivity contribution in [1.29, 1.82) is 0 Å². The summed E-state index contributed by atoms with van der Waals surface area (Å²) in [4.78, 5) is 13.1. The van der Waals surface area contributed by atoms with Gasteiger partial charge in [-0.15, -0.1) is 0 Å². The summed E-state index contributed by atoms with van der Waals surface area (Å²) in [6, 6.07) is 10.6. The summed E-state index contributed by atoms with van der Waals surface area (Å²) in [7, 11) is 0.879. The Kier molecular flexibility index (Phi) is 8.66. The zero-order valence-electron chi connectivity index (χ0n) is 21.3. The van der Waals surface area contributed by atoms with Gasteiger partial charge in [-0.3, -0.25) is 4.79 Å². The fourth-order valence-electron chi connectivity index (χ4n) is 4.29. The van der Waals surface area contributed by atoms with E-state index in [1.165, 1.54) is 11.4 Å². The highest BCUT2D eigenvalue weighted by atomic mass is 32.2. The second-order valence-electron chi connectivity index (χ2n) is 9.09.